The molecule has 0 saturated heterocycles. The average Bonchev–Trinajstić information content (AvgIpc) is 2.47. The quantitative estimate of drug-likeness (QED) is 0.822. The molecule has 0 radical (unpaired) electrons. The van der Waals surface area contributed by atoms with E-state index in [1.807, 2.05) is 0 Å². The molecule has 1 N–H and O–H groups in total. The molecule has 2 nitrogen and oxygen atoms in total. The third kappa shape index (κ3) is 3.76. The molecule has 1 unspecified atom stereocenters. The smallest absolute Gasteiger partial charge is 0.0425 e. The van der Waals surface area contributed by atoms with Gasteiger partial charge < -0.3 is 10.2 Å². The molecule has 1 aliphatic rings. The molecule has 0 amide bonds. The molecule has 20 heavy (non-hydrogen) atoms. The summed E-state index contributed by atoms with van der Waals surface area (Å²) in [5.74, 6) is 0. The summed E-state index contributed by atoms with van der Waals surface area (Å²) in [5, 5.41) is 3.54. The van der Waals surface area contributed by atoms with Gasteiger partial charge >= 0.3 is 0 Å². The number of benzene rings is 1. The highest BCUT2D eigenvalue weighted by Gasteiger charge is 2.21. The van der Waals surface area contributed by atoms with Crippen molar-refractivity contribution in [1.29, 1.82) is 0 Å². The van der Waals surface area contributed by atoms with Gasteiger partial charge in [-0.25, -0.2) is 0 Å². The van der Waals surface area contributed by atoms with E-state index in [0.29, 0.717) is 12.1 Å². The summed E-state index contributed by atoms with van der Waals surface area (Å²) < 4.78 is 1.17. The average molecular weight is 339 g/mol. The molecule has 0 spiro atoms. The van der Waals surface area contributed by atoms with Gasteiger partial charge in [-0.1, -0.05) is 48.2 Å². The number of nitrogens with zero attached hydrogens (tertiary/aromatic N) is 1. The normalized spacial score (nSPS) is 18.0. The maximum atomic E-state index is 3.63. The van der Waals surface area contributed by atoms with Crippen LogP contribution < -0.4 is 10.2 Å². The zero-order chi connectivity index (χ0) is 14.5. The van der Waals surface area contributed by atoms with Crippen LogP contribution in [-0.4, -0.2) is 19.6 Å². The van der Waals surface area contributed by atoms with Gasteiger partial charge in [-0.15, -0.1) is 0 Å². The Morgan fingerprint density at radius 3 is 2.65 bits per heavy atom. The summed E-state index contributed by atoms with van der Waals surface area (Å²) in [6, 6.07) is 7.78. The first kappa shape index (κ1) is 15.8. The van der Waals surface area contributed by atoms with Gasteiger partial charge in [0, 0.05) is 29.3 Å². The van der Waals surface area contributed by atoms with E-state index in [0.717, 1.165) is 6.54 Å². The van der Waals surface area contributed by atoms with E-state index >= 15 is 0 Å². The molecule has 0 aromatic heterocycles. The number of nitrogens with one attached hydrogen (secondary N) is 1. The second-order valence-electron chi connectivity index (χ2n) is 5.89. The van der Waals surface area contributed by atoms with Crippen LogP contribution >= 0.6 is 15.9 Å². The van der Waals surface area contributed by atoms with Crippen LogP contribution in [0.1, 0.15) is 57.6 Å². The van der Waals surface area contributed by atoms with Gasteiger partial charge in [0.1, 0.15) is 0 Å². The summed E-state index contributed by atoms with van der Waals surface area (Å²) in [5.41, 5.74) is 2.78. The summed E-state index contributed by atoms with van der Waals surface area (Å²) in [7, 11) is 2.26. The summed E-state index contributed by atoms with van der Waals surface area (Å²) in [6.45, 7) is 5.43. The maximum Gasteiger partial charge on any atom is 0.0425 e. The molecule has 2 rings (SSSR count). The summed E-state index contributed by atoms with van der Waals surface area (Å²) >= 11 is 3.63. The van der Waals surface area contributed by atoms with Crippen molar-refractivity contribution >= 4 is 21.6 Å². The first-order chi connectivity index (χ1) is 9.63. The minimum Gasteiger partial charge on any atom is -0.371 e. The maximum absolute atomic E-state index is 3.63. The van der Waals surface area contributed by atoms with Crippen molar-refractivity contribution < 1.29 is 0 Å². The molecule has 0 bridgehead atoms. The van der Waals surface area contributed by atoms with Crippen molar-refractivity contribution in [1.82, 2.24) is 5.32 Å². The number of rotatable bonds is 5. The fourth-order valence-electron chi connectivity index (χ4n) is 3.27. The Bertz CT molecular complexity index is 427. The molecule has 0 aliphatic heterocycles. The first-order valence-electron chi connectivity index (χ1n) is 7.89. The third-order valence-corrected chi connectivity index (χ3v) is 4.96. The first-order valence-corrected chi connectivity index (χ1v) is 8.68. The van der Waals surface area contributed by atoms with Crippen LogP contribution in [0.2, 0.25) is 0 Å². The highest BCUT2D eigenvalue weighted by Crippen LogP contribution is 2.33. The SMILES string of the molecule is CCNC(C)c1ccc(Br)cc1N(C)C1CCCCC1. The van der Waals surface area contributed by atoms with Gasteiger partial charge in [-0.05, 0) is 44.0 Å². The topological polar surface area (TPSA) is 15.3 Å². The van der Waals surface area contributed by atoms with Crippen LogP contribution in [0.5, 0.6) is 0 Å². The molecule has 1 fully saturated rings. The second-order valence-corrected chi connectivity index (χ2v) is 6.80. The molecule has 0 heterocycles. The lowest BCUT2D eigenvalue weighted by atomic mass is 9.93. The molecule has 1 saturated carbocycles. The Hall–Kier alpha value is -0.540. The monoisotopic (exact) mass is 338 g/mol. The predicted molar refractivity (Wildman–Crippen MR) is 91.5 cm³/mol. The molecule has 1 aromatic carbocycles. The lowest BCUT2D eigenvalue weighted by Crippen LogP contribution is -2.34. The molecular weight excluding hydrogens is 312 g/mol. The van der Waals surface area contributed by atoms with Gasteiger partial charge in [-0.2, -0.15) is 0 Å². The molecule has 1 aromatic rings. The largest absolute Gasteiger partial charge is 0.371 e. The number of hydrogen-bond donors (Lipinski definition) is 1. The summed E-state index contributed by atoms with van der Waals surface area (Å²) in [4.78, 5) is 2.51. The molecule has 1 atom stereocenters. The van der Waals surface area contributed by atoms with Gasteiger partial charge in [0.15, 0.2) is 0 Å². The molecular formula is C17H27BrN2. The van der Waals surface area contributed by atoms with Crippen LogP contribution in [0.4, 0.5) is 5.69 Å². The highest BCUT2D eigenvalue weighted by atomic mass is 79.9. The number of hydrogen-bond acceptors (Lipinski definition) is 2. The van der Waals surface area contributed by atoms with E-state index in [9.17, 15) is 0 Å². The molecule has 3 heteroatoms. The van der Waals surface area contributed by atoms with E-state index in [1.54, 1.807) is 0 Å². The molecule has 1 aliphatic carbocycles. The summed E-state index contributed by atoms with van der Waals surface area (Å²) in [6.07, 6.45) is 6.82. The third-order valence-electron chi connectivity index (χ3n) is 4.47. The van der Waals surface area contributed by atoms with Crippen LogP contribution in [0.3, 0.4) is 0 Å². The zero-order valence-corrected chi connectivity index (χ0v) is 14.5. The van der Waals surface area contributed by atoms with Crippen molar-refractivity contribution in [3.63, 3.8) is 0 Å². The van der Waals surface area contributed by atoms with Gasteiger partial charge in [0.05, 0.1) is 0 Å². The fraction of sp³-hybridized carbons (Fsp3) is 0.647. The van der Waals surface area contributed by atoms with Crippen molar-refractivity contribution in [2.45, 2.75) is 58.0 Å². The van der Waals surface area contributed by atoms with Crippen LogP contribution in [-0.2, 0) is 0 Å². The van der Waals surface area contributed by atoms with E-state index in [1.165, 1.54) is 47.8 Å². The Morgan fingerprint density at radius 2 is 2.00 bits per heavy atom. The van der Waals surface area contributed by atoms with Gasteiger partial charge in [0.25, 0.3) is 0 Å². The van der Waals surface area contributed by atoms with Crippen molar-refractivity contribution in [3.05, 3.63) is 28.2 Å². The van der Waals surface area contributed by atoms with E-state index in [-0.39, 0.29) is 0 Å². The van der Waals surface area contributed by atoms with Crippen molar-refractivity contribution in [2.75, 3.05) is 18.5 Å². The second kappa shape index (κ2) is 7.46. The highest BCUT2D eigenvalue weighted by molar-refractivity contribution is 9.10. The fourth-order valence-corrected chi connectivity index (χ4v) is 3.62. The Balaban J connectivity index is 2.25. The molecule has 112 valence electrons. The number of halogens is 1. The lowest BCUT2D eigenvalue weighted by molar-refractivity contribution is 0.426. The number of anilines is 1. The van der Waals surface area contributed by atoms with E-state index in [4.69, 9.17) is 0 Å². The predicted octanol–water partition coefficient (Wildman–Crippen LogP) is 4.89. The van der Waals surface area contributed by atoms with Crippen LogP contribution in [0, 0.1) is 0 Å². The van der Waals surface area contributed by atoms with Crippen LogP contribution in [0.25, 0.3) is 0 Å². The van der Waals surface area contributed by atoms with Gasteiger partial charge in [0.2, 0.25) is 0 Å². The van der Waals surface area contributed by atoms with Crippen LogP contribution in [0.15, 0.2) is 22.7 Å². The minimum atomic E-state index is 0.397. The lowest BCUT2D eigenvalue weighted by Gasteiger charge is -2.35. The van der Waals surface area contributed by atoms with Crippen molar-refractivity contribution in [3.8, 4) is 0 Å². The van der Waals surface area contributed by atoms with E-state index in [2.05, 4.69) is 65.2 Å². The Morgan fingerprint density at radius 1 is 1.30 bits per heavy atom. The van der Waals surface area contributed by atoms with E-state index < -0.39 is 0 Å². The standard InChI is InChI=1S/C17H27BrN2/c1-4-19-13(2)16-11-10-14(18)12-17(16)20(3)15-8-6-5-7-9-15/h10-13,15,19H,4-9H2,1-3H3. The Labute approximate surface area is 132 Å². The minimum absolute atomic E-state index is 0.397. The van der Waals surface area contributed by atoms with Crippen molar-refractivity contribution in [2.24, 2.45) is 0 Å². The Kier molecular flexibility index (Phi) is 5.91. The van der Waals surface area contributed by atoms with Gasteiger partial charge in [-0.3, -0.25) is 0 Å². The zero-order valence-electron chi connectivity index (χ0n) is 13.0.